The lowest BCUT2D eigenvalue weighted by Gasteiger charge is -2.11. The fraction of sp³-hybridized carbons (Fsp3) is 0.300. The predicted octanol–water partition coefficient (Wildman–Crippen LogP) is 9.24. The first kappa shape index (κ1) is 39.9. The molecule has 0 rings (SSSR count). The van der Waals surface area contributed by atoms with Gasteiger partial charge in [0.25, 0.3) is 0 Å². The summed E-state index contributed by atoms with van der Waals surface area (Å²) in [4.78, 5) is 23.5. The van der Waals surface area contributed by atoms with Crippen molar-refractivity contribution in [2.75, 3.05) is 0 Å². The topological polar surface area (TPSA) is 74.6 Å². The first-order valence-corrected chi connectivity index (χ1v) is 14.7. The van der Waals surface area contributed by atoms with E-state index in [1.54, 1.807) is 12.2 Å². The van der Waals surface area contributed by atoms with Crippen LogP contribution in [0, 0.1) is 0 Å². The van der Waals surface area contributed by atoms with E-state index in [1.807, 2.05) is 127 Å². The number of aliphatic hydroxyl groups is 2. The molecule has 0 atom stereocenters. The Kier molecular flexibility index (Phi) is 18.8. The summed E-state index contributed by atoms with van der Waals surface area (Å²) in [5.41, 5.74) is 3.57. The zero-order valence-electron chi connectivity index (χ0n) is 28.3. The summed E-state index contributed by atoms with van der Waals surface area (Å²) in [6.45, 7) is 17.8. The number of allylic oxidation sites excluding steroid dienone is 24. The summed E-state index contributed by atoms with van der Waals surface area (Å²) in [6, 6.07) is 0. The second-order valence-electron chi connectivity index (χ2n) is 11.8. The number of ketones is 2. The maximum atomic E-state index is 11.7. The molecule has 4 nitrogen and oxygen atoms in total. The van der Waals surface area contributed by atoms with Crippen molar-refractivity contribution < 1.29 is 19.8 Å². The lowest BCUT2D eigenvalue weighted by molar-refractivity contribution is -0.129. The lowest BCUT2D eigenvalue weighted by atomic mass is 10.0. The Morgan fingerprint density at radius 2 is 0.568 bits per heavy atom. The van der Waals surface area contributed by atoms with Gasteiger partial charge in [-0.15, -0.1) is 0 Å². The van der Waals surface area contributed by atoms with Gasteiger partial charge in [-0.2, -0.15) is 0 Å². The largest absolute Gasteiger partial charge is 0.382 e. The van der Waals surface area contributed by atoms with Crippen molar-refractivity contribution in [3.63, 3.8) is 0 Å². The minimum Gasteiger partial charge on any atom is -0.382 e. The first-order chi connectivity index (χ1) is 20.4. The van der Waals surface area contributed by atoms with E-state index in [4.69, 9.17) is 0 Å². The summed E-state index contributed by atoms with van der Waals surface area (Å²) in [6.07, 6.45) is 38.2. The molecule has 4 heteroatoms. The third-order valence-corrected chi connectivity index (χ3v) is 5.90. The number of rotatable bonds is 16. The normalized spacial score (nSPS) is 16.1. The molecular formula is C40H52O4. The van der Waals surface area contributed by atoms with E-state index in [-0.39, 0.29) is 11.6 Å². The van der Waals surface area contributed by atoms with Crippen LogP contribution < -0.4 is 0 Å². The predicted molar refractivity (Wildman–Crippen MR) is 189 cm³/mol. The highest BCUT2D eigenvalue weighted by atomic mass is 16.3. The lowest BCUT2D eigenvalue weighted by Crippen LogP contribution is -2.29. The molecular weight excluding hydrogens is 544 g/mol. The number of carbonyl (C=O) groups excluding carboxylic acids is 2. The second-order valence-corrected chi connectivity index (χ2v) is 11.8. The zero-order chi connectivity index (χ0) is 33.8. The molecule has 0 saturated carbocycles. The van der Waals surface area contributed by atoms with Crippen LogP contribution in [-0.4, -0.2) is 33.0 Å². The van der Waals surface area contributed by atoms with E-state index in [1.165, 1.54) is 39.8 Å². The number of hydrogen-bond acceptors (Lipinski definition) is 4. The molecule has 0 saturated heterocycles. The molecule has 0 unspecified atom stereocenters. The van der Waals surface area contributed by atoms with Gasteiger partial charge in [0.2, 0.25) is 0 Å². The average molecular weight is 597 g/mol. The molecule has 0 aliphatic carbocycles. The van der Waals surface area contributed by atoms with Crippen molar-refractivity contribution in [3.05, 3.63) is 155 Å². The van der Waals surface area contributed by atoms with Gasteiger partial charge in [0.05, 0.1) is 0 Å². The van der Waals surface area contributed by atoms with Gasteiger partial charge >= 0.3 is 0 Å². The van der Waals surface area contributed by atoms with Crippen LogP contribution in [0.1, 0.15) is 69.2 Å². The molecule has 0 aromatic rings. The van der Waals surface area contributed by atoms with E-state index in [2.05, 4.69) is 12.2 Å². The molecule has 0 spiro atoms. The SMILES string of the molecule is CC(C=CC=C(C)C=CC(=O)C(C)(C)O)=CC=CC(C)=C/C=C/C=C(C)/C=C/C=C(C)/C=C/C=C(C)/C=C/C(=O)C(C)(C)O. The molecule has 0 aliphatic heterocycles. The molecule has 0 aromatic carbocycles. The van der Waals surface area contributed by atoms with Crippen LogP contribution in [0.5, 0.6) is 0 Å². The Hall–Kier alpha value is -4.12. The highest BCUT2D eigenvalue weighted by Gasteiger charge is 2.20. The number of hydrogen-bond donors (Lipinski definition) is 2. The Morgan fingerprint density at radius 1 is 0.364 bits per heavy atom. The average Bonchev–Trinajstić information content (AvgIpc) is 2.91. The van der Waals surface area contributed by atoms with Crippen molar-refractivity contribution in [1.29, 1.82) is 0 Å². The van der Waals surface area contributed by atoms with Crippen molar-refractivity contribution in [2.24, 2.45) is 0 Å². The van der Waals surface area contributed by atoms with Crippen LogP contribution in [0.4, 0.5) is 0 Å². The van der Waals surface area contributed by atoms with Crippen molar-refractivity contribution in [3.8, 4) is 0 Å². The fourth-order valence-electron chi connectivity index (χ4n) is 2.98. The van der Waals surface area contributed by atoms with Crippen LogP contribution in [-0.2, 0) is 9.59 Å². The molecule has 0 aliphatic rings. The van der Waals surface area contributed by atoms with E-state index in [0.717, 1.165) is 33.4 Å². The van der Waals surface area contributed by atoms with Gasteiger partial charge in [-0.25, -0.2) is 0 Å². The van der Waals surface area contributed by atoms with Crippen molar-refractivity contribution >= 4 is 11.6 Å². The Labute approximate surface area is 266 Å². The fourth-order valence-corrected chi connectivity index (χ4v) is 2.98. The molecule has 0 heterocycles. The van der Waals surface area contributed by atoms with E-state index in [9.17, 15) is 19.8 Å². The quantitative estimate of drug-likeness (QED) is 0.138. The summed E-state index contributed by atoms with van der Waals surface area (Å²) < 4.78 is 0. The van der Waals surface area contributed by atoms with Crippen LogP contribution in [0.25, 0.3) is 0 Å². The van der Waals surface area contributed by atoms with Crippen LogP contribution >= 0.6 is 0 Å². The first-order valence-electron chi connectivity index (χ1n) is 14.7. The minimum atomic E-state index is -1.35. The highest BCUT2D eigenvalue weighted by molar-refractivity contribution is 5.96. The molecule has 2 N–H and O–H groups in total. The van der Waals surface area contributed by atoms with Crippen LogP contribution in [0.3, 0.4) is 0 Å². The van der Waals surface area contributed by atoms with Gasteiger partial charge in [-0.1, -0.05) is 143 Å². The molecule has 0 amide bonds. The van der Waals surface area contributed by atoms with Gasteiger partial charge in [-0.05, 0) is 81.4 Å². The summed E-state index contributed by atoms with van der Waals surface area (Å²) in [5.74, 6) is -0.646. The van der Waals surface area contributed by atoms with Crippen LogP contribution in [0.15, 0.2) is 155 Å². The maximum Gasteiger partial charge on any atom is 0.186 e. The van der Waals surface area contributed by atoms with E-state index in [0.29, 0.717) is 0 Å². The minimum absolute atomic E-state index is 0.323. The van der Waals surface area contributed by atoms with Gasteiger partial charge in [0, 0.05) is 0 Å². The summed E-state index contributed by atoms with van der Waals surface area (Å²) >= 11 is 0. The van der Waals surface area contributed by atoms with E-state index < -0.39 is 11.2 Å². The standard InChI is InChI=1S/C40H52O4/c1-31(19-13-21-33(3)23-15-25-35(5)27-29-37(41)39(7,8)43)17-11-12-18-32(2)20-14-22-34(4)24-16-26-36(6)28-30-38(42)40(9,10)44/h11-30,43-44H,1-10H3/b12-11+,19-13+,20-14?,23-15+,24-16?,29-27+,30-28?,31-17+,32-18?,33-21+,34-22?,35-25+,36-26?. The molecule has 0 radical (unpaired) electrons. The van der Waals surface area contributed by atoms with Gasteiger partial charge in [0.15, 0.2) is 11.6 Å². The third kappa shape index (κ3) is 21.6. The van der Waals surface area contributed by atoms with Crippen molar-refractivity contribution in [2.45, 2.75) is 80.4 Å². The smallest absolute Gasteiger partial charge is 0.186 e. The highest BCUT2D eigenvalue weighted by Crippen LogP contribution is 2.08. The summed E-state index contributed by atoms with van der Waals surface area (Å²) in [7, 11) is 0. The molecule has 0 fully saturated rings. The van der Waals surface area contributed by atoms with Gasteiger partial charge < -0.3 is 10.2 Å². The molecule has 44 heavy (non-hydrogen) atoms. The van der Waals surface area contributed by atoms with Crippen molar-refractivity contribution in [1.82, 2.24) is 0 Å². The molecule has 0 bridgehead atoms. The summed E-state index contributed by atoms with van der Waals surface area (Å²) in [5, 5.41) is 19.4. The molecule has 0 aromatic heterocycles. The van der Waals surface area contributed by atoms with Gasteiger partial charge in [-0.3, -0.25) is 9.59 Å². The molecule has 236 valence electrons. The van der Waals surface area contributed by atoms with Crippen LogP contribution in [0.2, 0.25) is 0 Å². The third-order valence-electron chi connectivity index (χ3n) is 5.90. The Balaban J connectivity index is 4.89. The van der Waals surface area contributed by atoms with Gasteiger partial charge in [0.1, 0.15) is 11.2 Å². The monoisotopic (exact) mass is 596 g/mol. The number of carbonyl (C=O) groups is 2. The Bertz CT molecular complexity index is 1260. The van der Waals surface area contributed by atoms with E-state index >= 15 is 0 Å². The zero-order valence-corrected chi connectivity index (χ0v) is 28.3. The second kappa shape index (κ2) is 20.7. The maximum absolute atomic E-state index is 11.7. The Morgan fingerprint density at radius 3 is 0.795 bits per heavy atom.